The van der Waals surface area contributed by atoms with Crippen LogP contribution in [0, 0.1) is 0 Å². The second-order valence-corrected chi connectivity index (χ2v) is 7.79. The first kappa shape index (κ1) is 21.2. The molecule has 0 spiro atoms. The molecular formula is C21H28N6O4. The Morgan fingerprint density at radius 2 is 1.97 bits per heavy atom. The van der Waals surface area contributed by atoms with Gasteiger partial charge in [-0.1, -0.05) is 0 Å². The normalized spacial score (nSPS) is 19.0. The van der Waals surface area contributed by atoms with Crippen molar-refractivity contribution in [2.24, 2.45) is 0 Å². The van der Waals surface area contributed by atoms with Gasteiger partial charge < -0.3 is 23.8 Å². The summed E-state index contributed by atoms with van der Waals surface area (Å²) in [5, 5.41) is 8.85. The molecule has 0 aliphatic carbocycles. The number of amides is 2. The van der Waals surface area contributed by atoms with Crippen molar-refractivity contribution >= 4 is 11.8 Å². The molecule has 0 N–H and O–H groups in total. The topological polar surface area (TPSA) is 103 Å². The lowest BCUT2D eigenvalue weighted by Gasteiger charge is -2.35. The maximum atomic E-state index is 13.0. The zero-order valence-corrected chi connectivity index (χ0v) is 18.0. The molecule has 0 saturated carbocycles. The van der Waals surface area contributed by atoms with Crippen LogP contribution in [0.5, 0.6) is 5.88 Å². The standard InChI is InChI=1S/C21H28N6O4/c1-30-14-19(28)26-9-4-3-5-16(26)20-24-23-17-8-10-25(11-12-27(17)20)21(29)15-6-7-18(31-2)22-13-15/h6-7,13,16H,3-5,8-12,14H2,1-2H3. The van der Waals surface area contributed by atoms with Crippen LogP contribution < -0.4 is 4.74 Å². The van der Waals surface area contributed by atoms with Gasteiger partial charge in [0.25, 0.3) is 5.91 Å². The lowest BCUT2D eigenvalue weighted by atomic mass is 10.0. The van der Waals surface area contributed by atoms with Crippen LogP contribution in [0.15, 0.2) is 18.3 Å². The molecule has 1 fully saturated rings. The molecule has 2 aromatic heterocycles. The minimum absolute atomic E-state index is 0.0259. The van der Waals surface area contributed by atoms with E-state index in [9.17, 15) is 9.59 Å². The third-order valence-electron chi connectivity index (χ3n) is 5.92. The largest absolute Gasteiger partial charge is 0.481 e. The van der Waals surface area contributed by atoms with Gasteiger partial charge in [0.05, 0.1) is 18.7 Å². The van der Waals surface area contributed by atoms with Gasteiger partial charge in [0.15, 0.2) is 5.82 Å². The van der Waals surface area contributed by atoms with Crippen LogP contribution >= 0.6 is 0 Å². The molecule has 2 amide bonds. The number of carbonyl (C=O) groups excluding carboxylic acids is 2. The number of piperidine rings is 1. The Bertz CT molecular complexity index is 928. The Balaban J connectivity index is 1.50. The molecule has 2 aromatic rings. The number of aromatic nitrogens is 4. The van der Waals surface area contributed by atoms with Crippen LogP contribution in [0.25, 0.3) is 0 Å². The minimum Gasteiger partial charge on any atom is -0.481 e. The van der Waals surface area contributed by atoms with Crippen LogP contribution in [-0.4, -0.2) is 81.8 Å². The molecule has 10 heteroatoms. The Labute approximate surface area is 181 Å². The fourth-order valence-electron chi connectivity index (χ4n) is 4.31. The van der Waals surface area contributed by atoms with Crippen molar-refractivity contribution in [3.63, 3.8) is 0 Å². The summed E-state index contributed by atoms with van der Waals surface area (Å²) < 4.78 is 12.2. The highest BCUT2D eigenvalue weighted by Crippen LogP contribution is 2.31. The average Bonchev–Trinajstić information content (AvgIpc) is 3.09. The number of likely N-dealkylation sites (tertiary alicyclic amines) is 1. The summed E-state index contributed by atoms with van der Waals surface area (Å²) in [7, 11) is 3.08. The number of hydrogen-bond acceptors (Lipinski definition) is 7. The van der Waals surface area contributed by atoms with Crippen LogP contribution in [0.1, 0.15) is 47.3 Å². The number of hydrogen-bond donors (Lipinski definition) is 0. The molecule has 0 bridgehead atoms. The third kappa shape index (κ3) is 4.39. The quantitative estimate of drug-likeness (QED) is 0.702. The first-order chi connectivity index (χ1) is 15.1. The summed E-state index contributed by atoms with van der Waals surface area (Å²) >= 11 is 0. The number of rotatable bonds is 5. The molecule has 10 nitrogen and oxygen atoms in total. The van der Waals surface area contributed by atoms with E-state index in [1.807, 2.05) is 9.80 Å². The van der Waals surface area contributed by atoms with Gasteiger partial charge in [-0.2, -0.15) is 0 Å². The molecule has 4 rings (SSSR count). The van der Waals surface area contributed by atoms with Gasteiger partial charge in [0.2, 0.25) is 11.8 Å². The van der Waals surface area contributed by atoms with Gasteiger partial charge in [-0.05, 0) is 25.3 Å². The first-order valence-corrected chi connectivity index (χ1v) is 10.6. The molecule has 2 aliphatic heterocycles. The van der Waals surface area contributed by atoms with E-state index < -0.39 is 0 Å². The highest BCUT2D eigenvalue weighted by Gasteiger charge is 2.33. The number of ether oxygens (including phenoxy) is 2. The van der Waals surface area contributed by atoms with Crippen LogP contribution in [0.3, 0.4) is 0 Å². The molecule has 31 heavy (non-hydrogen) atoms. The zero-order valence-electron chi connectivity index (χ0n) is 18.0. The van der Waals surface area contributed by atoms with Crippen molar-refractivity contribution < 1.29 is 19.1 Å². The molecule has 0 radical (unpaired) electrons. The molecule has 1 atom stereocenters. The van der Waals surface area contributed by atoms with Gasteiger partial charge in [0, 0.05) is 52.0 Å². The summed E-state index contributed by atoms with van der Waals surface area (Å²) in [6.07, 6.45) is 5.03. The Morgan fingerprint density at radius 3 is 2.71 bits per heavy atom. The maximum Gasteiger partial charge on any atom is 0.255 e. The summed E-state index contributed by atoms with van der Waals surface area (Å²) in [6, 6.07) is 3.31. The van der Waals surface area contributed by atoms with E-state index >= 15 is 0 Å². The molecule has 1 unspecified atom stereocenters. The summed E-state index contributed by atoms with van der Waals surface area (Å²) in [4.78, 5) is 33.3. The first-order valence-electron chi connectivity index (χ1n) is 10.6. The maximum absolute atomic E-state index is 13.0. The van der Waals surface area contributed by atoms with Gasteiger partial charge in [-0.3, -0.25) is 9.59 Å². The number of pyridine rings is 1. The molecular weight excluding hydrogens is 400 g/mol. The Hall–Kier alpha value is -3.01. The van der Waals surface area contributed by atoms with Crippen molar-refractivity contribution in [2.75, 3.05) is 40.5 Å². The molecule has 166 valence electrons. The lowest BCUT2D eigenvalue weighted by Crippen LogP contribution is -2.41. The van der Waals surface area contributed by atoms with E-state index in [0.29, 0.717) is 44.0 Å². The van der Waals surface area contributed by atoms with Crippen molar-refractivity contribution in [1.29, 1.82) is 0 Å². The number of methoxy groups -OCH3 is 2. The van der Waals surface area contributed by atoms with Crippen LogP contribution in [-0.2, 0) is 22.5 Å². The number of carbonyl (C=O) groups is 2. The second-order valence-electron chi connectivity index (χ2n) is 7.79. The van der Waals surface area contributed by atoms with Crippen molar-refractivity contribution in [3.05, 3.63) is 35.5 Å². The van der Waals surface area contributed by atoms with Gasteiger partial charge in [0.1, 0.15) is 12.4 Å². The summed E-state index contributed by atoms with van der Waals surface area (Å²) in [5.41, 5.74) is 0.530. The van der Waals surface area contributed by atoms with E-state index in [2.05, 4.69) is 19.7 Å². The van der Waals surface area contributed by atoms with Gasteiger partial charge >= 0.3 is 0 Å². The molecule has 1 saturated heterocycles. The van der Waals surface area contributed by atoms with Crippen molar-refractivity contribution in [1.82, 2.24) is 29.5 Å². The molecule has 4 heterocycles. The summed E-state index contributed by atoms with van der Waals surface area (Å²) in [6.45, 7) is 2.46. The number of nitrogens with zero attached hydrogens (tertiary/aromatic N) is 6. The zero-order chi connectivity index (χ0) is 21.8. The van der Waals surface area contributed by atoms with Crippen molar-refractivity contribution in [3.8, 4) is 5.88 Å². The van der Waals surface area contributed by atoms with Crippen molar-refractivity contribution in [2.45, 2.75) is 38.3 Å². The fraction of sp³-hybridized carbons (Fsp3) is 0.571. The van der Waals surface area contributed by atoms with Crippen LogP contribution in [0.4, 0.5) is 0 Å². The lowest BCUT2D eigenvalue weighted by molar-refractivity contribution is -0.139. The smallest absolute Gasteiger partial charge is 0.255 e. The SMILES string of the molecule is COCC(=O)N1CCCCC1c1nnc2n1CCN(C(=O)c1ccc(OC)nc1)CC2. The predicted molar refractivity (Wildman–Crippen MR) is 111 cm³/mol. The molecule has 0 aromatic carbocycles. The minimum atomic E-state index is -0.106. The molecule has 2 aliphatic rings. The predicted octanol–water partition coefficient (Wildman–Crippen LogP) is 1.08. The highest BCUT2D eigenvalue weighted by atomic mass is 16.5. The average molecular weight is 428 g/mol. The Kier molecular flexibility index (Phi) is 6.45. The van der Waals surface area contributed by atoms with Gasteiger partial charge in [-0.15, -0.1) is 10.2 Å². The summed E-state index contributed by atoms with van der Waals surface area (Å²) in [5.74, 6) is 2.04. The Morgan fingerprint density at radius 1 is 1.10 bits per heavy atom. The van der Waals surface area contributed by atoms with Crippen LogP contribution in [0.2, 0.25) is 0 Å². The number of fused-ring (bicyclic) bond motifs is 1. The monoisotopic (exact) mass is 428 g/mol. The van der Waals surface area contributed by atoms with Gasteiger partial charge in [-0.25, -0.2) is 4.98 Å². The fourth-order valence-corrected chi connectivity index (χ4v) is 4.31. The van der Waals surface area contributed by atoms with E-state index in [0.717, 1.165) is 30.9 Å². The van der Waals surface area contributed by atoms with E-state index in [4.69, 9.17) is 9.47 Å². The highest BCUT2D eigenvalue weighted by molar-refractivity contribution is 5.94. The van der Waals surface area contributed by atoms with E-state index in [1.54, 1.807) is 25.4 Å². The third-order valence-corrected chi connectivity index (χ3v) is 5.92. The van der Waals surface area contributed by atoms with E-state index in [-0.39, 0.29) is 24.5 Å². The van der Waals surface area contributed by atoms with E-state index in [1.165, 1.54) is 7.11 Å². The second kappa shape index (κ2) is 9.42.